The van der Waals surface area contributed by atoms with E-state index in [9.17, 15) is 14.7 Å². The summed E-state index contributed by atoms with van der Waals surface area (Å²) in [6.07, 6.45) is 0. The quantitative estimate of drug-likeness (QED) is 0.272. The van der Waals surface area contributed by atoms with Crippen LogP contribution in [0.25, 0.3) is 5.76 Å². The maximum Gasteiger partial charge on any atom is 0.300 e. The maximum absolute atomic E-state index is 13.0. The molecule has 4 rings (SSSR count). The number of benzene rings is 3. The van der Waals surface area contributed by atoms with E-state index >= 15 is 0 Å². The van der Waals surface area contributed by atoms with Crippen LogP contribution in [0.4, 0.5) is 5.69 Å². The van der Waals surface area contributed by atoms with Crippen molar-refractivity contribution in [2.75, 3.05) is 4.90 Å². The van der Waals surface area contributed by atoms with Crippen LogP contribution in [-0.4, -0.2) is 16.8 Å². The summed E-state index contributed by atoms with van der Waals surface area (Å²) in [7, 11) is 0. The second kappa shape index (κ2) is 7.97. The van der Waals surface area contributed by atoms with Gasteiger partial charge in [-0.1, -0.05) is 74.3 Å². The lowest BCUT2D eigenvalue weighted by Crippen LogP contribution is -2.29. The van der Waals surface area contributed by atoms with Crippen LogP contribution in [0.2, 0.25) is 0 Å². The van der Waals surface area contributed by atoms with Crippen LogP contribution in [0.1, 0.15) is 17.2 Å². The monoisotopic (exact) mass is 511 g/mol. The van der Waals surface area contributed by atoms with Crippen LogP contribution in [0, 0.1) is 0 Å². The molecular formula is C23H15Br2NO3. The molecule has 0 spiro atoms. The normalized spacial score (nSPS) is 18.3. The number of rotatable bonds is 3. The fourth-order valence-electron chi connectivity index (χ4n) is 3.41. The molecule has 4 nitrogen and oxygen atoms in total. The van der Waals surface area contributed by atoms with Gasteiger partial charge in [-0.05, 0) is 42.0 Å². The highest BCUT2D eigenvalue weighted by Crippen LogP contribution is 2.42. The molecule has 3 aromatic carbocycles. The van der Waals surface area contributed by atoms with E-state index in [0.29, 0.717) is 11.3 Å². The van der Waals surface area contributed by atoms with Gasteiger partial charge in [-0.25, -0.2) is 0 Å². The highest BCUT2D eigenvalue weighted by molar-refractivity contribution is 9.10. The molecule has 1 aliphatic heterocycles. The van der Waals surface area contributed by atoms with Gasteiger partial charge in [0.15, 0.2) is 0 Å². The summed E-state index contributed by atoms with van der Waals surface area (Å²) in [4.78, 5) is 27.4. The number of hydrogen-bond donors (Lipinski definition) is 1. The van der Waals surface area contributed by atoms with Gasteiger partial charge in [-0.3, -0.25) is 14.5 Å². The van der Waals surface area contributed by atoms with Crippen molar-refractivity contribution >= 4 is 55.0 Å². The van der Waals surface area contributed by atoms with E-state index in [1.54, 1.807) is 36.4 Å². The summed E-state index contributed by atoms with van der Waals surface area (Å²) in [6.45, 7) is 0. The molecule has 0 aromatic heterocycles. The number of hydrogen-bond acceptors (Lipinski definition) is 3. The van der Waals surface area contributed by atoms with Crippen LogP contribution in [0.5, 0.6) is 0 Å². The molecule has 144 valence electrons. The van der Waals surface area contributed by atoms with E-state index < -0.39 is 17.7 Å². The van der Waals surface area contributed by atoms with E-state index in [1.165, 1.54) is 4.90 Å². The number of amides is 1. The zero-order valence-electron chi connectivity index (χ0n) is 15.0. The van der Waals surface area contributed by atoms with Gasteiger partial charge in [0.2, 0.25) is 0 Å². The Morgan fingerprint density at radius 3 is 1.93 bits per heavy atom. The number of aliphatic hydroxyl groups excluding tert-OH is 1. The number of carbonyl (C=O) groups is 2. The second-order valence-electron chi connectivity index (χ2n) is 6.56. The SMILES string of the molecule is O=C1C(=O)N(c2ccc(Br)cc2)C(c2ccc(Br)cc2)/C1=C(/O)c1ccccc1. The first kappa shape index (κ1) is 19.6. The topological polar surface area (TPSA) is 57.6 Å². The molecule has 0 bridgehead atoms. The smallest absolute Gasteiger partial charge is 0.300 e. The van der Waals surface area contributed by atoms with Gasteiger partial charge in [-0.2, -0.15) is 0 Å². The molecule has 0 saturated carbocycles. The molecule has 29 heavy (non-hydrogen) atoms. The molecule has 3 aromatic rings. The number of carbonyl (C=O) groups excluding carboxylic acids is 2. The Morgan fingerprint density at radius 2 is 1.34 bits per heavy atom. The molecule has 0 aliphatic carbocycles. The highest BCUT2D eigenvalue weighted by atomic mass is 79.9. The Bertz CT molecular complexity index is 1110. The lowest BCUT2D eigenvalue weighted by atomic mass is 9.95. The van der Waals surface area contributed by atoms with E-state index in [1.807, 2.05) is 42.5 Å². The van der Waals surface area contributed by atoms with Crippen molar-refractivity contribution in [3.05, 3.63) is 105 Å². The van der Waals surface area contributed by atoms with Gasteiger partial charge >= 0.3 is 0 Å². The van der Waals surface area contributed by atoms with Gasteiger partial charge in [0, 0.05) is 20.2 Å². The number of anilines is 1. The average molecular weight is 513 g/mol. The second-order valence-corrected chi connectivity index (χ2v) is 8.39. The number of aliphatic hydroxyl groups is 1. The van der Waals surface area contributed by atoms with Crippen LogP contribution in [0.15, 0.2) is 93.4 Å². The Kier molecular flexibility index (Phi) is 5.39. The van der Waals surface area contributed by atoms with Gasteiger partial charge in [-0.15, -0.1) is 0 Å². The number of nitrogens with zero attached hydrogens (tertiary/aromatic N) is 1. The molecule has 6 heteroatoms. The summed E-state index contributed by atoms with van der Waals surface area (Å²) >= 11 is 6.80. The molecule has 1 N–H and O–H groups in total. The fraction of sp³-hybridized carbons (Fsp3) is 0.0435. The lowest BCUT2D eigenvalue weighted by molar-refractivity contribution is -0.132. The number of halogens is 2. The van der Waals surface area contributed by atoms with E-state index in [-0.39, 0.29) is 11.3 Å². The lowest BCUT2D eigenvalue weighted by Gasteiger charge is -2.25. The minimum atomic E-state index is -0.732. The average Bonchev–Trinajstić information content (AvgIpc) is 3.00. The first-order chi connectivity index (χ1) is 14.0. The highest BCUT2D eigenvalue weighted by Gasteiger charge is 2.46. The zero-order valence-corrected chi connectivity index (χ0v) is 18.2. The Hall–Kier alpha value is -2.70. The summed E-state index contributed by atoms with van der Waals surface area (Å²) in [6, 6.07) is 22.6. The summed E-state index contributed by atoms with van der Waals surface area (Å²) in [5.74, 6) is -1.56. The van der Waals surface area contributed by atoms with Crippen molar-refractivity contribution in [2.24, 2.45) is 0 Å². The summed E-state index contributed by atoms with van der Waals surface area (Å²) in [5.41, 5.74) is 1.87. The van der Waals surface area contributed by atoms with Gasteiger partial charge in [0.05, 0.1) is 11.6 Å². The zero-order chi connectivity index (χ0) is 20.5. The molecule has 1 unspecified atom stereocenters. The molecule has 1 saturated heterocycles. The van der Waals surface area contributed by atoms with Gasteiger partial charge in [0.1, 0.15) is 5.76 Å². The van der Waals surface area contributed by atoms with E-state index in [4.69, 9.17) is 0 Å². The molecule has 1 atom stereocenters. The molecule has 1 heterocycles. The number of ketones is 1. The largest absolute Gasteiger partial charge is 0.507 e. The van der Waals surface area contributed by atoms with Crippen molar-refractivity contribution in [1.82, 2.24) is 0 Å². The molecule has 1 aliphatic rings. The van der Waals surface area contributed by atoms with E-state index in [0.717, 1.165) is 14.5 Å². The van der Waals surface area contributed by atoms with Crippen molar-refractivity contribution < 1.29 is 14.7 Å². The Labute approximate surface area is 184 Å². The predicted molar refractivity (Wildman–Crippen MR) is 120 cm³/mol. The molecule has 0 radical (unpaired) electrons. The third-order valence-corrected chi connectivity index (χ3v) is 5.84. The van der Waals surface area contributed by atoms with Crippen molar-refractivity contribution in [2.45, 2.75) is 6.04 Å². The summed E-state index contributed by atoms with van der Waals surface area (Å²) < 4.78 is 1.74. The standard InChI is InChI=1S/C23H15Br2NO3/c24-16-8-6-14(7-9-16)20-19(21(27)15-4-2-1-3-5-15)22(28)23(29)26(20)18-12-10-17(25)11-13-18/h1-13,20,27H/b21-19-. The van der Waals surface area contributed by atoms with Crippen molar-refractivity contribution in [1.29, 1.82) is 0 Å². The van der Waals surface area contributed by atoms with Crippen molar-refractivity contribution in [3.8, 4) is 0 Å². The third kappa shape index (κ3) is 3.66. The minimum Gasteiger partial charge on any atom is -0.507 e. The predicted octanol–water partition coefficient (Wildman–Crippen LogP) is 5.84. The van der Waals surface area contributed by atoms with Crippen molar-refractivity contribution in [3.63, 3.8) is 0 Å². The van der Waals surface area contributed by atoms with Crippen LogP contribution in [-0.2, 0) is 9.59 Å². The van der Waals surface area contributed by atoms with Crippen LogP contribution in [0.3, 0.4) is 0 Å². The molecule has 1 amide bonds. The fourth-order valence-corrected chi connectivity index (χ4v) is 3.94. The maximum atomic E-state index is 13.0. The van der Waals surface area contributed by atoms with E-state index in [2.05, 4.69) is 31.9 Å². The number of Topliss-reactive ketones (excluding diaryl/α,β-unsaturated/α-hetero) is 1. The minimum absolute atomic E-state index is 0.0754. The first-order valence-electron chi connectivity index (χ1n) is 8.85. The Balaban J connectivity index is 1.94. The third-order valence-electron chi connectivity index (χ3n) is 4.78. The first-order valence-corrected chi connectivity index (χ1v) is 10.4. The van der Waals surface area contributed by atoms with Crippen LogP contribution >= 0.6 is 31.9 Å². The summed E-state index contributed by atoms with van der Waals surface area (Å²) in [5, 5.41) is 11.0. The van der Waals surface area contributed by atoms with Crippen LogP contribution < -0.4 is 4.90 Å². The Morgan fingerprint density at radius 1 is 0.793 bits per heavy atom. The molecule has 1 fully saturated rings. The van der Waals surface area contributed by atoms with Gasteiger partial charge in [0.25, 0.3) is 11.7 Å². The van der Waals surface area contributed by atoms with Gasteiger partial charge < -0.3 is 5.11 Å². The molecular weight excluding hydrogens is 498 g/mol.